The Bertz CT molecular complexity index is 893. The zero-order valence-corrected chi connectivity index (χ0v) is 18.9. The molecule has 2 fully saturated rings. The minimum atomic E-state index is -0.163. The fourth-order valence-corrected chi connectivity index (χ4v) is 4.97. The van der Waals surface area contributed by atoms with Gasteiger partial charge in [-0.1, -0.05) is 32.6 Å². The van der Waals surface area contributed by atoms with Crippen molar-refractivity contribution in [2.45, 2.75) is 70.9 Å². The third-order valence-corrected chi connectivity index (χ3v) is 6.82. The van der Waals surface area contributed by atoms with Gasteiger partial charge in [0.1, 0.15) is 5.52 Å². The highest BCUT2D eigenvalue weighted by Crippen LogP contribution is 2.23. The lowest BCUT2D eigenvalue weighted by molar-refractivity contribution is 0.0779. The smallest absolute Gasteiger partial charge is 0.327 e. The predicted octanol–water partition coefficient (Wildman–Crippen LogP) is 2.25. The van der Waals surface area contributed by atoms with Crippen molar-refractivity contribution in [3.8, 4) is 0 Å². The molecule has 1 aliphatic heterocycles. The van der Waals surface area contributed by atoms with E-state index in [-0.39, 0.29) is 5.69 Å². The van der Waals surface area contributed by atoms with Gasteiger partial charge in [-0.25, -0.2) is 4.79 Å². The van der Waals surface area contributed by atoms with E-state index in [1.165, 1.54) is 45.2 Å². The van der Waals surface area contributed by atoms with E-state index >= 15 is 0 Å². The van der Waals surface area contributed by atoms with Crippen LogP contribution in [0.2, 0.25) is 0 Å². The Labute approximate surface area is 184 Å². The van der Waals surface area contributed by atoms with Gasteiger partial charge in [-0.05, 0) is 32.2 Å². The van der Waals surface area contributed by atoms with E-state index in [9.17, 15) is 4.79 Å². The standard InChI is InChI=1S/C22H38N8O/c1-2-3-10-24-21-26-19(23)18-20(27-21)30(22(31)25-18)12-7-11-28-13-15-29(16-14-28)17-8-5-4-6-9-17/h17H,2-16H2,1H3,(H,25,31)(H3,23,24,26,27). The highest BCUT2D eigenvalue weighted by atomic mass is 16.1. The molecule has 172 valence electrons. The van der Waals surface area contributed by atoms with Crippen molar-refractivity contribution in [2.75, 3.05) is 50.3 Å². The van der Waals surface area contributed by atoms with Crippen LogP contribution in [0.25, 0.3) is 11.2 Å². The first kappa shape index (κ1) is 22.1. The molecule has 0 unspecified atom stereocenters. The molecule has 1 saturated carbocycles. The van der Waals surface area contributed by atoms with Crippen LogP contribution in [0.1, 0.15) is 58.3 Å². The number of aromatic nitrogens is 4. The predicted molar refractivity (Wildman–Crippen MR) is 125 cm³/mol. The van der Waals surface area contributed by atoms with Crippen molar-refractivity contribution in [1.82, 2.24) is 29.3 Å². The molecule has 0 atom stereocenters. The summed E-state index contributed by atoms with van der Waals surface area (Å²) in [4.78, 5) is 29.4. The van der Waals surface area contributed by atoms with Crippen LogP contribution in [-0.4, -0.2) is 74.6 Å². The molecule has 2 aromatic rings. The topological polar surface area (TPSA) is 108 Å². The Morgan fingerprint density at radius 2 is 1.84 bits per heavy atom. The summed E-state index contributed by atoms with van der Waals surface area (Å²) in [5.74, 6) is 0.809. The largest absolute Gasteiger partial charge is 0.382 e. The van der Waals surface area contributed by atoms with Gasteiger partial charge in [0, 0.05) is 45.3 Å². The number of nitrogens with one attached hydrogen (secondary N) is 2. The molecule has 2 aliphatic rings. The average molecular weight is 431 g/mol. The van der Waals surface area contributed by atoms with Gasteiger partial charge in [0.15, 0.2) is 11.5 Å². The van der Waals surface area contributed by atoms with Crippen LogP contribution < -0.4 is 16.7 Å². The summed E-state index contributed by atoms with van der Waals surface area (Å²) in [6, 6.07) is 0.811. The van der Waals surface area contributed by atoms with Gasteiger partial charge in [0.2, 0.25) is 5.95 Å². The SMILES string of the molecule is CCCCNc1nc(N)c2[nH]c(=O)n(CCCN3CCN(C4CCCCC4)CC3)c2n1. The number of nitrogen functional groups attached to an aromatic ring is 1. The second-order valence-electron chi connectivity index (χ2n) is 9.02. The van der Waals surface area contributed by atoms with Crippen molar-refractivity contribution in [3.05, 3.63) is 10.5 Å². The molecule has 9 heteroatoms. The fraction of sp³-hybridized carbons (Fsp3) is 0.773. The summed E-state index contributed by atoms with van der Waals surface area (Å²) in [6.07, 6.45) is 10.0. The third-order valence-electron chi connectivity index (χ3n) is 6.82. The minimum absolute atomic E-state index is 0.163. The normalized spacial score (nSPS) is 19.3. The highest BCUT2D eigenvalue weighted by molar-refractivity contribution is 5.82. The summed E-state index contributed by atoms with van der Waals surface area (Å²) >= 11 is 0. The number of piperazine rings is 1. The van der Waals surface area contributed by atoms with Crippen LogP contribution in [0.15, 0.2) is 4.79 Å². The molecule has 1 saturated heterocycles. The lowest BCUT2D eigenvalue weighted by Crippen LogP contribution is -2.50. The number of nitrogens with zero attached hydrogens (tertiary/aromatic N) is 5. The number of unbranched alkanes of at least 4 members (excludes halogenated alkanes) is 1. The van der Waals surface area contributed by atoms with Gasteiger partial charge in [0.25, 0.3) is 0 Å². The second kappa shape index (κ2) is 10.5. The van der Waals surface area contributed by atoms with Crippen LogP contribution in [0.3, 0.4) is 0 Å². The summed E-state index contributed by atoms with van der Waals surface area (Å²) in [6.45, 7) is 9.16. The number of H-pyrrole nitrogens is 1. The number of rotatable bonds is 9. The molecule has 4 rings (SSSR count). The van der Waals surface area contributed by atoms with Crippen molar-refractivity contribution >= 4 is 22.9 Å². The Hall–Kier alpha value is -2.13. The molecule has 3 heterocycles. The molecule has 4 N–H and O–H groups in total. The van der Waals surface area contributed by atoms with Crippen molar-refractivity contribution < 1.29 is 0 Å². The molecule has 31 heavy (non-hydrogen) atoms. The average Bonchev–Trinajstić information content (AvgIpc) is 3.11. The van der Waals surface area contributed by atoms with Gasteiger partial charge in [0.05, 0.1) is 0 Å². The van der Waals surface area contributed by atoms with E-state index in [1.807, 2.05) is 0 Å². The van der Waals surface area contributed by atoms with Crippen LogP contribution in [-0.2, 0) is 6.54 Å². The number of nitrogens with two attached hydrogens (primary N) is 1. The first-order valence-corrected chi connectivity index (χ1v) is 12.1. The van der Waals surface area contributed by atoms with Gasteiger partial charge >= 0.3 is 5.69 Å². The van der Waals surface area contributed by atoms with E-state index in [1.54, 1.807) is 4.57 Å². The van der Waals surface area contributed by atoms with Gasteiger partial charge in [-0.3, -0.25) is 9.47 Å². The van der Waals surface area contributed by atoms with Crippen LogP contribution in [0.4, 0.5) is 11.8 Å². The zero-order valence-electron chi connectivity index (χ0n) is 18.9. The lowest BCUT2D eigenvalue weighted by Gasteiger charge is -2.40. The molecule has 0 aromatic carbocycles. The Kier molecular flexibility index (Phi) is 7.45. The molecule has 2 aromatic heterocycles. The summed E-state index contributed by atoms with van der Waals surface area (Å²) < 4.78 is 1.71. The van der Waals surface area contributed by atoms with E-state index in [4.69, 9.17) is 5.73 Å². The van der Waals surface area contributed by atoms with Crippen LogP contribution in [0, 0.1) is 0 Å². The number of hydrogen-bond acceptors (Lipinski definition) is 7. The molecular formula is C22H38N8O. The number of aryl methyl sites for hydroxylation is 1. The highest BCUT2D eigenvalue weighted by Gasteiger charge is 2.25. The number of aromatic amines is 1. The number of hydrogen-bond donors (Lipinski definition) is 3. The van der Waals surface area contributed by atoms with E-state index < -0.39 is 0 Å². The monoisotopic (exact) mass is 430 g/mol. The molecular weight excluding hydrogens is 392 g/mol. The third kappa shape index (κ3) is 5.38. The fourth-order valence-electron chi connectivity index (χ4n) is 4.97. The van der Waals surface area contributed by atoms with Gasteiger partial charge in [-0.15, -0.1) is 0 Å². The van der Waals surface area contributed by atoms with E-state index in [0.29, 0.717) is 29.5 Å². The quantitative estimate of drug-likeness (QED) is 0.524. The van der Waals surface area contributed by atoms with Gasteiger partial charge < -0.3 is 20.9 Å². The molecule has 0 radical (unpaired) electrons. The molecule has 0 spiro atoms. The Morgan fingerprint density at radius 3 is 2.58 bits per heavy atom. The van der Waals surface area contributed by atoms with Crippen molar-refractivity contribution in [2.24, 2.45) is 0 Å². The minimum Gasteiger partial charge on any atom is -0.382 e. The van der Waals surface area contributed by atoms with Crippen molar-refractivity contribution in [3.63, 3.8) is 0 Å². The maximum Gasteiger partial charge on any atom is 0.327 e. The van der Waals surface area contributed by atoms with E-state index in [0.717, 1.165) is 51.5 Å². The molecule has 0 bridgehead atoms. The Balaban J connectivity index is 1.31. The van der Waals surface area contributed by atoms with Gasteiger partial charge in [-0.2, -0.15) is 9.97 Å². The van der Waals surface area contributed by atoms with E-state index in [2.05, 4.69) is 37.0 Å². The number of imidazole rings is 1. The second-order valence-corrected chi connectivity index (χ2v) is 9.02. The first-order valence-electron chi connectivity index (χ1n) is 12.1. The number of fused-ring (bicyclic) bond motifs is 1. The summed E-state index contributed by atoms with van der Waals surface area (Å²) in [5, 5.41) is 3.21. The molecule has 9 nitrogen and oxygen atoms in total. The summed E-state index contributed by atoms with van der Waals surface area (Å²) in [7, 11) is 0. The molecule has 1 aliphatic carbocycles. The maximum atomic E-state index is 12.5. The van der Waals surface area contributed by atoms with Crippen molar-refractivity contribution in [1.29, 1.82) is 0 Å². The summed E-state index contributed by atoms with van der Waals surface area (Å²) in [5.41, 5.74) is 7.04. The first-order chi connectivity index (χ1) is 15.2. The number of anilines is 2. The maximum absolute atomic E-state index is 12.5. The zero-order chi connectivity index (χ0) is 21.6. The van der Waals surface area contributed by atoms with Crippen LogP contribution in [0.5, 0.6) is 0 Å². The van der Waals surface area contributed by atoms with Crippen LogP contribution >= 0.6 is 0 Å². The lowest BCUT2D eigenvalue weighted by atomic mass is 9.94. The Morgan fingerprint density at radius 1 is 1.06 bits per heavy atom. The molecule has 0 amide bonds.